The van der Waals surface area contributed by atoms with Gasteiger partial charge >= 0.3 is 0 Å². The maximum absolute atomic E-state index is 11.3. The van der Waals surface area contributed by atoms with E-state index >= 15 is 0 Å². The molecule has 0 spiro atoms. The zero-order valence-electron chi connectivity index (χ0n) is 8.05. The molecule has 2 N–H and O–H groups in total. The van der Waals surface area contributed by atoms with Crippen LogP contribution in [0.25, 0.3) is 0 Å². The van der Waals surface area contributed by atoms with Gasteiger partial charge in [-0.15, -0.1) is 0 Å². The van der Waals surface area contributed by atoms with Crippen LogP contribution < -0.4 is 5.14 Å². The van der Waals surface area contributed by atoms with Gasteiger partial charge in [0.15, 0.2) is 0 Å². The Morgan fingerprint density at radius 1 is 1.36 bits per heavy atom. The third-order valence-electron chi connectivity index (χ3n) is 2.74. The van der Waals surface area contributed by atoms with Crippen LogP contribution in [0.4, 0.5) is 0 Å². The molecule has 14 heavy (non-hydrogen) atoms. The molecule has 0 aromatic heterocycles. The number of nitrogens with zero attached hydrogens (tertiary/aromatic N) is 1. The molecule has 0 bridgehead atoms. The highest BCUT2D eigenvalue weighted by atomic mass is 32.2. The van der Waals surface area contributed by atoms with Gasteiger partial charge in [-0.1, -0.05) is 0 Å². The Kier molecular flexibility index (Phi) is 2.79. The Bertz CT molecular complexity index is 294. The van der Waals surface area contributed by atoms with Crippen molar-refractivity contribution in [3.05, 3.63) is 0 Å². The molecule has 2 fully saturated rings. The Labute approximate surface area is 84.4 Å². The van der Waals surface area contributed by atoms with E-state index in [1.165, 1.54) is 4.31 Å². The fourth-order valence-corrected chi connectivity index (χ4v) is 2.85. The summed E-state index contributed by atoms with van der Waals surface area (Å²) in [6.07, 6.45) is 2.84. The third-order valence-corrected chi connectivity index (χ3v) is 3.84. The fraction of sp³-hybridized carbons (Fsp3) is 1.00. The minimum Gasteiger partial charge on any atom is -0.381 e. The first-order valence-corrected chi connectivity index (χ1v) is 6.45. The number of ether oxygens (including phenoxy) is 1. The standard InChI is InChI=1S/C8H16N2O3S/c9-14(11,12)10(8-1-2-8)5-7-3-4-13-6-7/h7-8H,1-6H2,(H2,9,11,12)/t7-/m0/s1. The van der Waals surface area contributed by atoms with E-state index in [9.17, 15) is 8.42 Å². The molecule has 5 nitrogen and oxygen atoms in total. The lowest BCUT2D eigenvalue weighted by atomic mass is 10.1. The molecule has 1 aliphatic heterocycles. The molecular formula is C8H16N2O3S. The van der Waals surface area contributed by atoms with E-state index < -0.39 is 10.2 Å². The molecular weight excluding hydrogens is 204 g/mol. The minimum atomic E-state index is -3.51. The molecule has 0 unspecified atom stereocenters. The van der Waals surface area contributed by atoms with Crippen molar-refractivity contribution in [3.8, 4) is 0 Å². The van der Waals surface area contributed by atoms with Crippen molar-refractivity contribution in [1.29, 1.82) is 0 Å². The van der Waals surface area contributed by atoms with E-state index in [-0.39, 0.29) is 6.04 Å². The van der Waals surface area contributed by atoms with Gasteiger partial charge < -0.3 is 4.74 Å². The highest BCUT2D eigenvalue weighted by Gasteiger charge is 2.37. The van der Waals surface area contributed by atoms with E-state index in [1.807, 2.05) is 0 Å². The second-order valence-electron chi connectivity index (χ2n) is 4.08. The van der Waals surface area contributed by atoms with Crippen molar-refractivity contribution in [1.82, 2.24) is 4.31 Å². The van der Waals surface area contributed by atoms with Gasteiger partial charge in [0.2, 0.25) is 0 Å². The maximum atomic E-state index is 11.3. The topological polar surface area (TPSA) is 72.6 Å². The van der Waals surface area contributed by atoms with Gasteiger partial charge in [-0.3, -0.25) is 0 Å². The zero-order valence-corrected chi connectivity index (χ0v) is 8.87. The molecule has 6 heteroatoms. The molecule has 1 aliphatic carbocycles. The van der Waals surface area contributed by atoms with Crippen LogP contribution in [0.2, 0.25) is 0 Å². The number of hydrogen-bond acceptors (Lipinski definition) is 3. The van der Waals surface area contributed by atoms with Crippen molar-refractivity contribution >= 4 is 10.2 Å². The molecule has 0 amide bonds. The third kappa shape index (κ3) is 2.44. The highest BCUT2D eigenvalue weighted by molar-refractivity contribution is 7.86. The van der Waals surface area contributed by atoms with Crippen molar-refractivity contribution in [2.24, 2.45) is 11.1 Å². The normalized spacial score (nSPS) is 28.6. The van der Waals surface area contributed by atoms with Crippen molar-refractivity contribution in [3.63, 3.8) is 0 Å². The Morgan fingerprint density at radius 3 is 2.50 bits per heavy atom. The van der Waals surface area contributed by atoms with Gasteiger partial charge in [0, 0.05) is 19.2 Å². The fourth-order valence-electron chi connectivity index (χ4n) is 1.81. The SMILES string of the molecule is NS(=O)(=O)N(C[C@@H]1CCOC1)C1CC1. The molecule has 1 saturated heterocycles. The smallest absolute Gasteiger partial charge is 0.277 e. The second kappa shape index (κ2) is 3.77. The number of nitrogens with two attached hydrogens (primary N) is 1. The number of hydrogen-bond donors (Lipinski definition) is 1. The van der Waals surface area contributed by atoms with Gasteiger partial charge in [-0.25, -0.2) is 5.14 Å². The summed E-state index contributed by atoms with van der Waals surface area (Å²) in [4.78, 5) is 0. The zero-order chi connectivity index (χ0) is 10.2. The highest BCUT2D eigenvalue weighted by Crippen LogP contribution is 2.30. The summed E-state index contributed by atoms with van der Waals surface area (Å²) in [7, 11) is -3.51. The maximum Gasteiger partial charge on any atom is 0.277 e. The first kappa shape index (κ1) is 10.4. The van der Waals surface area contributed by atoms with Crippen LogP contribution in [0.3, 0.4) is 0 Å². The predicted molar refractivity (Wildman–Crippen MR) is 51.8 cm³/mol. The van der Waals surface area contributed by atoms with Crippen molar-refractivity contribution in [2.75, 3.05) is 19.8 Å². The van der Waals surface area contributed by atoms with Crippen molar-refractivity contribution < 1.29 is 13.2 Å². The summed E-state index contributed by atoms with van der Waals surface area (Å²) in [5, 5.41) is 5.16. The first-order valence-electron chi connectivity index (χ1n) is 4.94. The van der Waals surface area contributed by atoms with E-state index in [0.29, 0.717) is 19.1 Å². The van der Waals surface area contributed by atoms with Gasteiger partial charge in [0.1, 0.15) is 0 Å². The van der Waals surface area contributed by atoms with E-state index in [2.05, 4.69) is 0 Å². The van der Waals surface area contributed by atoms with Crippen LogP contribution in [-0.4, -0.2) is 38.5 Å². The summed E-state index contributed by atoms with van der Waals surface area (Å²) >= 11 is 0. The summed E-state index contributed by atoms with van der Waals surface area (Å²) in [6.45, 7) is 1.94. The van der Waals surface area contributed by atoms with Crippen molar-refractivity contribution in [2.45, 2.75) is 25.3 Å². The quantitative estimate of drug-likeness (QED) is 0.706. The summed E-state index contributed by atoms with van der Waals surface area (Å²) in [6, 6.07) is 0.158. The molecule has 1 saturated carbocycles. The molecule has 0 radical (unpaired) electrons. The lowest BCUT2D eigenvalue weighted by Crippen LogP contribution is -2.41. The van der Waals surface area contributed by atoms with Gasteiger partial charge in [0.05, 0.1) is 6.61 Å². The molecule has 0 aromatic rings. The van der Waals surface area contributed by atoms with Gasteiger partial charge in [-0.05, 0) is 25.2 Å². The summed E-state index contributed by atoms with van der Waals surface area (Å²) in [5.74, 6) is 0.328. The lowest BCUT2D eigenvalue weighted by molar-refractivity contribution is 0.180. The Morgan fingerprint density at radius 2 is 2.07 bits per heavy atom. The Balaban J connectivity index is 1.96. The van der Waals surface area contributed by atoms with Crippen LogP contribution >= 0.6 is 0 Å². The second-order valence-corrected chi connectivity index (χ2v) is 5.57. The van der Waals surface area contributed by atoms with Gasteiger partial charge in [0.25, 0.3) is 10.2 Å². The number of rotatable bonds is 4. The van der Waals surface area contributed by atoms with Crippen LogP contribution in [0.5, 0.6) is 0 Å². The lowest BCUT2D eigenvalue weighted by Gasteiger charge is -2.21. The average molecular weight is 220 g/mol. The summed E-state index contributed by atoms with van der Waals surface area (Å²) in [5.41, 5.74) is 0. The summed E-state index contributed by atoms with van der Waals surface area (Å²) < 4.78 is 29.2. The monoisotopic (exact) mass is 220 g/mol. The molecule has 1 heterocycles. The van der Waals surface area contributed by atoms with E-state index in [4.69, 9.17) is 9.88 Å². The van der Waals surface area contributed by atoms with E-state index in [0.717, 1.165) is 25.9 Å². The average Bonchev–Trinajstić information content (AvgIpc) is 2.77. The Hall–Kier alpha value is -0.170. The predicted octanol–water partition coefficient (Wildman–Crippen LogP) is -0.309. The van der Waals surface area contributed by atoms with Gasteiger partial charge in [-0.2, -0.15) is 12.7 Å². The molecule has 2 rings (SSSR count). The molecule has 1 atom stereocenters. The van der Waals surface area contributed by atoms with Crippen LogP contribution in [0, 0.1) is 5.92 Å². The van der Waals surface area contributed by atoms with E-state index in [1.54, 1.807) is 0 Å². The molecule has 2 aliphatic rings. The molecule has 0 aromatic carbocycles. The molecule has 82 valence electrons. The van der Waals surface area contributed by atoms with Crippen LogP contribution in [0.15, 0.2) is 0 Å². The largest absolute Gasteiger partial charge is 0.381 e. The van der Waals surface area contributed by atoms with Crippen LogP contribution in [-0.2, 0) is 14.9 Å². The minimum absolute atomic E-state index is 0.158. The first-order chi connectivity index (χ1) is 6.57. The van der Waals surface area contributed by atoms with Crippen LogP contribution in [0.1, 0.15) is 19.3 Å².